The van der Waals surface area contributed by atoms with E-state index in [0.717, 1.165) is 38.5 Å². The van der Waals surface area contributed by atoms with E-state index < -0.39 is 0 Å². The van der Waals surface area contributed by atoms with Gasteiger partial charge in [-0.2, -0.15) is 5.26 Å². The van der Waals surface area contributed by atoms with Crippen molar-refractivity contribution in [3.05, 3.63) is 12.2 Å². The first kappa shape index (κ1) is 15.7. The van der Waals surface area contributed by atoms with Crippen molar-refractivity contribution < 1.29 is 4.79 Å². The highest BCUT2D eigenvalue weighted by molar-refractivity contribution is 5.91. The number of nitrogens with one attached hydrogen (secondary N) is 1. The largest absolute Gasteiger partial charge is 0.352 e. The van der Waals surface area contributed by atoms with Crippen LogP contribution in [0.5, 0.6) is 0 Å². The van der Waals surface area contributed by atoms with Crippen LogP contribution in [0.3, 0.4) is 0 Å². The van der Waals surface area contributed by atoms with Crippen LogP contribution in [0.1, 0.15) is 52.4 Å². The maximum absolute atomic E-state index is 11.2. The van der Waals surface area contributed by atoms with Gasteiger partial charge in [-0.3, -0.25) is 4.79 Å². The van der Waals surface area contributed by atoms with Crippen LogP contribution in [0, 0.1) is 17.2 Å². The summed E-state index contributed by atoms with van der Waals surface area (Å²) in [6, 6.07) is 2.35. The van der Waals surface area contributed by atoms with Gasteiger partial charge >= 0.3 is 0 Å². The zero-order chi connectivity index (χ0) is 13.1. The standard InChI is InChI=1S/C14H24N2O/c1-4-5-8-13(11-15)9-6-7-10-16-14(17)12(2)3/h13H,2,4-10H2,1,3H3,(H,16,17). The Morgan fingerprint density at radius 2 is 2.00 bits per heavy atom. The number of hydrogen-bond acceptors (Lipinski definition) is 2. The van der Waals surface area contributed by atoms with Gasteiger partial charge in [-0.05, 0) is 26.2 Å². The molecule has 0 aliphatic heterocycles. The molecular formula is C14H24N2O. The molecule has 0 rings (SSSR count). The summed E-state index contributed by atoms with van der Waals surface area (Å²) in [5.41, 5.74) is 0.544. The molecule has 0 spiro atoms. The third-order valence-electron chi connectivity index (χ3n) is 2.74. The molecule has 0 radical (unpaired) electrons. The Morgan fingerprint density at radius 1 is 1.35 bits per heavy atom. The lowest BCUT2D eigenvalue weighted by Crippen LogP contribution is -2.24. The van der Waals surface area contributed by atoms with E-state index in [1.165, 1.54) is 0 Å². The zero-order valence-electron chi connectivity index (χ0n) is 11.1. The van der Waals surface area contributed by atoms with Gasteiger partial charge in [-0.15, -0.1) is 0 Å². The van der Waals surface area contributed by atoms with Crippen molar-refractivity contribution in [2.45, 2.75) is 52.4 Å². The molecule has 0 aromatic rings. The average Bonchev–Trinajstić information content (AvgIpc) is 2.32. The predicted octanol–water partition coefficient (Wildman–Crippen LogP) is 3.18. The summed E-state index contributed by atoms with van der Waals surface area (Å²) in [5, 5.41) is 11.7. The van der Waals surface area contributed by atoms with Crippen molar-refractivity contribution in [2.24, 2.45) is 5.92 Å². The first-order valence-corrected chi connectivity index (χ1v) is 6.45. The second-order valence-corrected chi connectivity index (χ2v) is 4.50. The summed E-state index contributed by atoms with van der Waals surface area (Å²) < 4.78 is 0. The van der Waals surface area contributed by atoms with Crippen LogP contribution in [0.25, 0.3) is 0 Å². The maximum Gasteiger partial charge on any atom is 0.246 e. The molecule has 1 N–H and O–H groups in total. The van der Waals surface area contributed by atoms with Crippen LogP contribution < -0.4 is 5.32 Å². The Kier molecular flexibility index (Phi) is 9.14. The molecule has 0 aromatic heterocycles. The predicted molar refractivity (Wildman–Crippen MR) is 70.3 cm³/mol. The van der Waals surface area contributed by atoms with Gasteiger partial charge in [-0.1, -0.05) is 32.8 Å². The summed E-state index contributed by atoms with van der Waals surface area (Å²) in [5.74, 6) is 0.111. The minimum atomic E-state index is -0.0761. The third kappa shape index (κ3) is 8.50. The van der Waals surface area contributed by atoms with Gasteiger partial charge in [0, 0.05) is 18.0 Å². The highest BCUT2D eigenvalue weighted by Gasteiger charge is 2.06. The Hall–Kier alpha value is -1.30. The molecule has 1 atom stereocenters. The molecule has 0 aliphatic rings. The van der Waals surface area contributed by atoms with Crippen molar-refractivity contribution in [3.63, 3.8) is 0 Å². The lowest BCUT2D eigenvalue weighted by molar-refractivity contribution is -0.117. The number of carbonyl (C=O) groups excluding carboxylic acids is 1. The molecule has 0 bridgehead atoms. The van der Waals surface area contributed by atoms with Gasteiger partial charge in [0.1, 0.15) is 0 Å². The quantitative estimate of drug-likeness (QED) is 0.494. The first-order valence-electron chi connectivity index (χ1n) is 6.45. The lowest BCUT2D eigenvalue weighted by Gasteiger charge is -2.08. The Bertz CT molecular complexity index is 278. The fourth-order valence-electron chi connectivity index (χ4n) is 1.59. The van der Waals surface area contributed by atoms with Gasteiger partial charge in [-0.25, -0.2) is 0 Å². The van der Waals surface area contributed by atoms with Crippen molar-refractivity contribution in [2.75, 3.05) is 6.54 Å². The number of rotatable bonds is 9. The van der Waals surface area contributed by atoms with Crippen molar-refractivity contribution in [1.82, 2.24) is 5.32 Å². The lowest BCUT2D eigenvalue weighted by atomic mass is 9.97. The average molecular weight is 236 g/mol. The maximum atomic E-state index is 11.2. The van der Waals surface area contributed by atoms with Crippen LogP contribution in [0.2, 0.25) is 0 Å². The Balaban J connectivity index is 3.53. The second-order valence-electron chi connectivity index (χ2n) is 4.50. The molecule has 0 saturated heterocycles. The molecule has 17 heavy (non-hydrogen) atoms. The topological polar surface area (TPSA) is 52.9 Å². The molecule has 1 amide bonds. The molecule has 0 heterocycles. The smallest absolute Gasteiger partial charge is 0.246 e. The minimum absolute atomic E-state index is 0.0761. The summed E-state index contributed by atoms with van der Waals surface area (Å²) in [7, 11) is 0. The van der Waals surface area contributed by atoms with E-state index in [0.29, 0.717) is 12.1 Å². The van der Waals surface area contributed by atoms with Crippen LogP contribution in [-0.2, 0) is 4.79 Å². The molecule has 3 nitrogen and oxygen atoms in total. The third-order valence-corrected chi connectivity index (χ3v) is 2.74. The number of unbranched alkanes of at least 4 members (excludes halogenated alkanes) is 2. The second kappa shape index (κ2) is 9.89. The number of amides is 1. The minimum Gasteiger partial charge on any atom is -0.352 e. The van der Waals surface area contributed by atoms with Crippen molar-refractivity contribution >= 4 is 5.91 Å². The number of nitriles is 1. The van der Waals surface area contributed by atoms with Crippen LogP contribution in [0.15, 0.2) is 12.2 Å². The van der Waals surface area contributed by atoms with Gasteiger partial charge in [0.05, 0.1) is 6.07 Å². The number of hydrogen-bond donors (Lipinski definition) is 1. The van der Waals surface area contributed by atoms with Crippen LogP contribution in [-0.4, -0.2) is 12.5 Å². The summed E-state index contributed by atoms with van der Waals surface area (Å²) in [6.45, 7) is 8.09. The Morgan fingerprint density at radius 3 is 2.53 bits per heavy atom. The highest BCUT2D eigenvalue weighted by Crippen LogP contribution is 2.14. The van der Waals surface area contributed by atoms with E-state index >= 15 is 0 Å². The summed E-state index contributed by atoms with van der Waals surface area (Å²) in [6.07, 6.45) is 6.16. The van der Waals surface area contributed by atoms with E-state index in [9.17, 15) is 4.79 Å². The van der Waals surface area contributed by atoms with Gasteiger partial charge in [0.25, 0.3) is 0 Å². The van der Waals surface area contributed by atoms with Gasteiger partial charge in [0.2, 0.25) is 5.91 Å². The van der Waals surface area contributed by atoms with Gasteiger partial charge in [0.15, 0.2) is 0 Å². The van der Waals surface area contributed by atoms with E-state index in [-0.39, 0.29) is 11.8 Å². The molecule has 0 aromatic carbocycles. The van der Waals surface area contributed by atoms with Crippen LogP contribution in [0.4, 0.5) is 0 Å². The monoisotopic (exact) mass is 236 g/mol. The Labute approximate surface area is 105 Å². The van der Waals surface area contributed by atoms with Crippen LogP contribution >= 0.6 is 0 Å². The molecular weight excluding hydrogens is 212 g/mol. The van der Waals surface area contributed by atoms with Crippen molar-refractivity contribution in [1.29, 1.82) is 5.26 Å². The summed E-state index contributed by atoms with van der Waals surface area (Å²) >= 11 is 0. The highest BCUT2D eigenvalue weighted by atomic mass is 16.1. The van der Waals surface area contributed by atoms with E-state index in [1.54, 1.807) is 6.92 Å². The SMILES string of the molecule is C=C(C)C(=O)NCCCCC(C#N)CCCC. The summed E-state index contributed by atoms with van der Waals surface area (Å²) in [4.78, 5) is 11.2. The fraction of sp³-hybridized carbons (Fsp3) is 0.714. The molecule has 0 saturated carbocycles. The normalized spacial score (nSPS) is 11.6. The first-order chi connectivity index (χ1) is 8.11. The van der Waals surface area contributed by atoms with E-state index in [4.69, 9.17) is 5.26 Å². The molecule has 3 heteroatoms. The number of carbonyl (C=O) groups is 1. The van der Waals surface area contributed by atoms with Crippen molar-refractivity contribution in [3.8, 4) is 6.07 Å². The molecule has 1 unspecified atom stereocenters. The number of nitrogens with zero attached hydrogens (tertiary/aromatic N) is 1. The van der Waals surface area contributed by atoms with E-state index in [1.807, 2.05) is 0 Å². The molecule has 96 valence electrons. The molecule has 0 fully saturated rings. The molecule has 0 aliphatic carbocycles. The van der Waals surface area contributed by atoms with E-state index in [2.05, 4.69) is 24.9 Å². The van der Waals surface area contributed by atoms with Gasteiger partial charge < -0.3 is 5.32 Å². The zero-order valence-corrected chi connectivity index (χ0v) is 11.1. The fourth-order valence-corrected chi connectivity index (χ4v) is 1.59.